The van der Waals surface area contributed by atoms with Crippen LogP contribution in [0.5, 0.6) is 0 Å². The van der Waals surface area contributed by atoms with E-state index >= 15 is 0 Å². The van der Waals surface area contributed by atoms with Gasteiger partial charge in [0.25, 0.3) is 0 Å². The highest BCUT2D eigenvalue weighted by Gasteiger charge is 2.44. The normalized spacial score (nSPS) is 21.6. The van der Waals surface area contributed by atoms with Gasteiger partial charge in [-0.3, -0.25) is 14.9 Å². The maximum atomic E-state index is 13.3. The summed E-state index contributed by atoms with van der Waals surface area (Å²) in [4.78, 5) is 44.2. The van der Waals surface area contributed by atoms with E-state index in [0.29, 0.717) is 35.4 Å². The lowest BCUT2D eigenvalue weighted by Gasteiger charge is -2.40. The number of pyridine rings is 1. The fourth-order valence-corrected chi connectivity index (χ4v) is 5.01. The van der Waals surface area contributed by atoms with E-state index in [-0.39, 0.29) is 6.04 Å². The first kappa shape index (κ1) is 23.7. The number of hydrogen-bond acceptors (Lipinski definition) is 5. The van der Waals surface area contributed by atoms with Crippen molar-refractivity contribution in [2.75, 3.05) is 17.2 Å². The van der Waals surface area contributed by atoms with Gasteiger partial charge in [0.05, 0.1) is 17.9 Å². The van der Waals surface area contributed by atoms with E-state index in [1.54, 1.807) is 38.7 Å². The van der Waals surface area contributed by atoms with Crippen molar-refractivity contribution >= 4 is 29.4 Å². The summed E-state index contributed by atoms with van der Waals surface area (Å²) in [7, 11) is 0. The Balaban J connectivity index is 1.45. The molecule has 1 saturated heterocycles. The van der Waals surface area contributed by atoms with Crippen molar-refractivity contribution in [2.45, 2.75) is 58.6 Å². The Labute approximate surface area is 200 Å². The van der Waals surface area contributed by atoms with Crippen LogP contribution in [0.4, 0.5) is 16.3 Å². The van der Waals surface area contributed by atoms with Gasteiger partial charge in [0, 0.05) is 6.54 Å². The number of hydrogen-bond donors (Lipinski definition) is 2. The van der Waals surface area contributed by atoms with Crippen molar-refractivity contribution in [3.05, 3.63) is 53.7 Å². The van der Waals surface area contributed by atoms with Crippen LogP contribution in [0, 0.1) is 18.8 Å². The molecule has 3 amide bonds. The summed E-state index contributed by atoms with van der Waals surface area (Å²) in [5, 5.41) is 5.29. The number of piperidine rings is 1. The summed E-state index contributed by atoms with van der Waals surface area (Å²) in [6.07, 6.45) is 4.07. The smallest absolute Gasteiger partial charge is 0.413 e. The van der Waals surface area contributed by atoms with Crippen LogP contribution in [0.1, 0.15) is 57.2 Å². The molecule has 1 aliphatic carbocycles. The van der Waals surface area contributed by atoms with Gasteiger partial charge in [0.2, 0.25) is 0 Å². The largest absolute Gasteiger partial charge is 0.444 e. The number of amides is 3. The minimum atomic E-state index is -0.684. The zero-order chi connectivity index (χ0) is 24.5. The Bertz CT molecular complexity index is 1080. The number of nitrogens with one attached hydrogen (secondary N) is 2. The third-order valence-corrected chi connectivity index (χ3v) is 6.37. The minimum Gasteiger partial charge on any atom is -0.444 e. The molecule has 0 radical (unpaired) electrons. The molecule has 34 heavy (non-hydrogen) atoms. The molecule has 0 spiro atoms. The van der Waals surface area contributed by atoms with Gasteiger partial charge in [-0.1, -0.05) is 30.3 Å². The molecule has 8 heteroatoms. The van der Waals surface area contributed by atoms with Crippen molar-refractivity contribution < 1.29 is 19.1 Å². The number of ether oxygens (including phenoxy) is 1. The van der Waals surface area contributed by atoms with E-state index in [0.717, 1.165) is 24.8 Å². The van der Waals surface area contributed by atoms with Crippen molar-refractivity contribution in [2.24, 2.45) is 11.8 Å². The average Bonchev–Trinajstić information content (AvgIpc) is 3.15. The van der Waals surface area contributed by atoms with E-state index in [2.05, 4.69) is 15.6 Å². The van der Waals surface area contributed by atoms with Gasteiger partial charge in [-0.25, -0.2) is 9.78 Å². The Morgan fingerprint density at radius 3 is 2.50 bits per heavy atom. The lowest BCUT2D eigenvalue weighted by Crippen LogP contribution is -2.47. The van der Waals surface area contributed by atoms with Crippen LogP contribution < -0.4 is 10.6 Å². The third kappa shape index (κ3) is 5.38. The zero-order valence-electron chi connectivity index (χ0n) is 20.1. The maximum Gasteiger partial charge on any atom is 0.413 e. The second-order valence-electron chi connectivity index (χ2n) is 10.2. The first-order valence-electron chi connectivity index (χ1n) is 11.7. The molecule has 0 unspecified atom stereocenters. The highest BCUT2D eigenvalue weighted by atomic mass is 16.6. The Morgan fingerprint density at radius 2 is 1.82 bits per heavy atom. The number of fused-ring (bicyclic) bond motifs is 2. The van der Waals surface area contributed by atoms with Crippen molar-refractivity contribution in [3.8, 4) is 0 Å². The Morgan fingerprint density at radius 1 is 1.09 bits per heavy atom. The van der Waals surface area contributed by atoms with E-state index in [1.165, 1.54) is 6.20 Å². The van der Waals surface area contributed by atoms with Gasteiger partial charge in [-0.05, 0) is 76.0 Å². The fraction of sp³-hybridized carbons (Fsp3) is 0.462. The topological polar surface area (TPSA) is 101 Å². The predicted octanol–water partition coefficient (Wildman–Crippen LogP) is 4.68. The summed E-state index contributed by atoms with van der Waals surface area (Å²) in [5.74, 6) is -0.0606. The summed E-state index contributed by atoms with van der Waals surface area (Å²) in [6.45, 7) is 7.68. The fourth-order valence-electron chi connectivity index (χ4n) is 5.01. The number of carbonyl (C=O) groups excluding carboxylic acids is 3. The monoisotopic (exact) mass is 464 g/mol. The average molecular weight is 465 g/mol. The highest BCUT2D eigenvalue weighted by molar-refractivity contribution is 6.39. The lowest BCUT2D eigenvalue weighted by molar-refractivity contribution is -0.147. The lowest BCUT2D eigenvalue weighted by atomic mass is 9.86. The molecule has 1 aliphatic heterocycles. The van der Waals surface area contributed by atoms with E-state index in [4.69, 9.17) is 4.74 Å². The molecule has 2 aromatic rings. The van der Waals surface area contributed by atoms with Gasteiger partial charge in [0.15, 0.2) is 0 Å². The van der Waals surface area contributed by atoms with Gasteiger partial charge in [0.1, 0.15) is 11.4 Å². The molecule has 2 bridgehead atoms. The highest BCUT2D eigenvalue weighted by Crippen LogP contribution is 2.47. The standard InChI is InChI=1S/C26H32N4O4/c1-16-12-20(14-27-22(16)29-25(33)34-26(2,3)4)28-23(31)24(32)30-15-17-10-11-19(13-17)21(30)18-8-6-5-7-9-18/h5-9,12,14,17,19,21H,10-11,13,15H2,1-4H3,(H,28,31)(H,27,29,33)/t17-,19+,21-/m0/s1. The molecular weight excluding hydrogens is 432 g/mol. The second-order valence-corrected chi connectivity index (χ2v) is 10.2. The molecule has 1 aromatic heterocycles. The third-order valence-electron chi connectivity index (χ3n) is 6.37. The van der Waals surface area contributed by atoms with Crippen LogP contribution in [0.25, 0.3) is 0 Å². The quantitative estimate of drug-likeness (QED) is 0.643. The molecule has 2 fully saturated rings. The first-order valence-corrected chi connectivity index (χ1v) is 11.7. The molecule has 2 heterocycles. The van der Waals surface area contributed by atoms with Crippen molar-refractivity contribution in [1.82, 2.24) is 9.88 Å². The summed E-state index contributed by atoms with van der Waals surface area (Å²) in [5.41, 5.74) is 1.47. The molecule has 2 aliphatic rings. The first-order chi connectivity index (χ1) is 16.1. The van der Waals surface area contributed by atoms with Crippen LogP contribution >= 0.6 is 0 Å². The molecule has 1 aromatic carbocycles. The molecule has 2 N–H and O–H groups in total. The van der Waals surface area contributed by atoms with Crippen molar-refractivity contribution in [3.63, 3.8) is 0 Å². The number of likely N-dealkylation sites (tertiary alicyclic amines) is 1. The van der Waals surface area contributed by atoms with E-state index in [9.17, 15) is 14.4 Å². The second kappa shape index (κ2) is 9.44. The Hall–Kier alpha value is -3.42. The number of rotatable bonds is 3. The summed E-state index contributed by atoms with van der Waals surface area (Å²) in [6, 6.07) is 11.6. The molecule has 4 rings (SSSR count). The molecule has 1 saturated carbocycles. The number of carbonyl (C=O) groups is 3. The molecule has 8 nitrogen and oxygen atoms in total. The van der Waals surface area contributed by atoms with E-state index < -0.39 is 23.5 Å². The van der Waals surface area contributed by atoms with Crippen LogP contribution in [0.2, 0.25) is 0 Å². The zero-order valence-corrected chi connectivity index (χ0v) is 20.1. The number of nitrogens with zero attached hydrogens (tertiary/aromatic N) is 2. The molecular formula is C26H32N4O4. The van der Waals surface area contributed by atoms with Gasteiger partial charge >= 0.3 is 17.9 Å². The van der Waals surface area contributed by atoms with Gasteiger partial charge in [-0.2, -0.15) is 0 Å². The van der Waals surface area contributed by atoms with E-state index in [1.807, 2.05) is 30.3 Å². The summed E-state index contributed by atoms with van der Waals surface area (Å²) < 4.78 is 5.25. The predicted molar refractivity (Wildman–Crippen MR) is 129 cm³/mol. The van der Waals surface area contributed by atoms with Crippen LogP contribution in [0.3, 0.4) is 0 Å². The molecule has 180 valence electrons. The van der Waals surface area contributed by atoms with Crippen LogP contribution in [-0.4, -0.2) is 39.9 Å². The van der Waals surface area contributed by atoms with Gasteiger partial charge in [-0.15, -0.1) is 0 Å². The van der Waals surface area contributed by atoms with Crippen LogP contribution in [0.15, 0.2) is 42.6 Å². The van der Waals surface area contributed by atoms with Gasteiger partial charge < -0.3 is 15.0 Å². The maximum absolute atomic E-state index is 13.3. The Kier molecular flexibility index (Phi) is 6.59. The molecule has 3 atom stereocenters. The SMILES string of the molecule is Cc1cc(NC(=O)C(=O)N2C[C@H]3CC[C@H](C3)[C@@H]2c2ccccc2)cnc1NC(=O)OC(C)(C)C. The number of anilines is 2. The number of benzene rings is 1. The number of aryl methyl sites for hydroxylation is 1. The summed E-state index contributed by atoms with van der Waals surface area (Å²) >= 11 is 0. The van der Waals surface area contributed by atoms with Crippen molar-refractivity contribution in [1.29, 1.82) is 0 Å². The van der Waals surface area contributed by atoms with Crippen LogP contribution in [-0.2, 0) is 14.3 Å². The minimum absolute atomic E-state index is 0.0848. The number of aromatic nitrogens is 1.